The molecule has 0 saturated heterocycles. The zero-order chi connectivity index (χ0) is 14.7. The molecule has 0 bridgehead atoms. The van der Waals surface area contributed by atoms with Gasteiger partial charge in [0, 0.05) is 12.7 Å². The van der Waals surface area contributed by atoms with E-state index in [-0.39, 0.29) is 18.0 Å². The average molecular weight is 281 g/mol. The molecule has 1 aliphatic rings. The molecule has 0 saturated carbocycles. The van der Waals surface area contributed by atoms with Crippen molar-refractivity contribution in [3.63, 3.8) is 0 Å². The molecule has 1 amide bonds. The Morgan fingerprint density at radius 1 is 1.24 bits per heavy atom. The van der Waals surface area contributed by atoms with E-state index >= 15 is 0 Å². The van der Waals surface area contributed by atoms with Crippen molar-refractivity contribution in [1.82, 2.24) is 15.6 Å². The second-order valence-corrected chi connectivity index (χ2v) is 5.39. The summed E-state index contributed by atoms with van der Waals surface area (Å²) in [5.41, 5.74) is 3.41. The molecule has 3 rings (SSSR count). The Bertz CT molecular complexity index is 627. The lowest BCUT2D eigenvalue weighted by molar-refractivity contribution is -0.124. The predicted molar refractivity (Wildman–Crippen MR) is 81.6 cm³/mol. The summed E-state index contributed by atoms with van der Waals surface area (Å²) in [5, 5.41) is 6.33. The number of aromatic nitrogens is 1. The first-order chi connectivity index (χ1) is 10.2. The van der Waals surface area contributed by atoms with Crippen molar-refractivity contribution in [1.29, 1.82) is 0 Å². The minimum absolute atomic E-state index is 0.0302. The standard InChI is InChI=1S/C17H19N3O/c1-12(15-8-4-5-9-18-15)20-17(21)16-10-13-6-2-3-7-14(13)11-19-16/h2-9,12,16,19H,10-11H2,1H3,(H,20,21)/t12-,16+/m1/s1. The van der Waals surface area contributed by atoms with Crippen LogP contribution in [0.3, 0.4) is 0 Å². The minimum atomic E-state index is -0.175. The van der Waals surface area contributed by atoms with Crippen molar-refractivity contribution >= 4 is 5.91 Å². The Labute approximate surface area is 124 Å². The fourth-order valence-corrected chi connectivity index (χ4v) is 2.66. The summed E-state index contributed by atoms with van der Waals surface area (Å²) in [5.74, 6) is 0.0302. The fourth-order valence-electron chi connectivity index (χ4n) is 2.66. The number of rotatable bonds is 3. The van der Waals surface area contributed by atoms with Crippen molar-refractivity contribution in [2.45, 2.75) is 32.0 Å². The fraction of sp³-hybridized carbons (Fsp3) is 0.294. The Kier molecular flexibility index (Phi) is 3.97. The third kappa shape index (κ3) is 3.11. The molecule has 2 atom stereocenters. The molecule has 0 radical (unpaired) electrons. The number of pyridine rings is 1. The lowest BCUT2D eigenvalue weighted by atomic mass is 9.95. The predicted octanol–water partition coefficient (Wildman–Crippen LogP) is 1.97. The number of amides is 1. The molecule has 0 spiro atoms. The molecule has 2 heterocycles. The number of nitrogens with one attached hydrogen (secondary N) is 2. The largest absolute Gasteiger partial charge is 0.347 e. The van der Waals surface area contributed by atoms with Gasteiger partial charge in [-0.25, -0.2) is 0 Å². The number of hydrogen-bond acceptors (Lipinski definition) is 3. The first-order valence-corrected chi connectivity index (χ1v) is 7.25. The minimum Gasteiger partial charge on any atom is -0.347 e. The second-order valence-electron chi connectivity index (χ2n) is 5.39. The Morgan fingerprint density at radius 2 is 2.00 bits per heavy atom. The van der Waals surface area contributed by atoms with Crippen LogP contribution in [0.5, 0.6) is 0 Å². The van der Waals surface area contributed by atoms with Gasteiger partial charge in [0.15, 0.2) is 0 Å². The summed E-state index contributed by atoms with van der Waals surface area (Å²) in [6.45, 7) is 2.70. The van der Waals surface area contributed by atoms with E-state index in [2.05, 4.69) is 27.8 Å². The molecule has 21 heavy (non-hydrogen) atoms. The van der Waals surface area contributed by atoms with Crippen molar-refractivity contribution in [3.05, 3.63) is 65.5 Å². The van der Waals surface area contributed by atoms with Crippen LogP contribution < -0.4 is 10.6 Å². The van der Waals surface area contributed by atoms with E-state index in [9.17, 15) is 4.79 Å². The number of fused-ring (bicyclic) bond motifs is 1. The maximum absolute atomic E-state index is 12.4. The molecule has 2 aromatic rings. The van der Waals surface area contributed by atoms with Gasteiger partial charge in [-0.2, -0.15) is 0 Å². The molecule has 0 unspecified atom stereocenters. The van der Waals surface area contributed by atoms with Crippen LogP contribution >= 0.6 is 0 Å². The molecule has 0 aliphatic carbocycles. The van der Waals surface area contributed by atoms with E-state index < -0.39 is 0 Å². The van der Waals surface area contributed by atoms with E-state index in [0.29, 0.717) is 0 Å². The summed E-state index contributed by atoms with van der Waals surface area (Å²) in [7, 11) is 0. The number of carbonyl (C=O) groups excluding carboxylic acids is 1. The van der Waals surface area contributed by atoms with Crippen molar-refractivity contribution in [3.8, 4) is 0 Å². The summed E-state index contributed by atoms with van der Waals surface area (Å²) >= 11 is 0. The van der Waals surface area contributed by atoms with Gasteiger partial charge >= 0.3 is 0 Å². The van der Waals surface area contributed by atoms with Crippen LogP contribution in [0.4, 0.5) is 0 Å². The molecule has 2 N–H and O–H groups in total. The second kappa shape index (κ2) is 6.06. The molecule has 1 aromatic heterocycles. The highest BCUT2D eigenvalue weighted by atomic mass is 16.2. The maximum atomic E-state index is 12.4. The Balaban J connectivity index is 1.65. The zero-order valence-electron chi connectivity index (χ0n) is 12.0. The first kappa shape index (κ1) is 13.8. The van der Waals surface area contributed by atoms with Crippen LogP contribution in [0.25, 0.3) is 0 Å². The van der Waals surface area contributed by atoms with Crippen LogP contribution in [-0.2, 0) is 17.8 Å². The van der Waals surface area contributed by atoms with Gasteiger partial charge in [0.05, 0.1) is 17.8 Å². The van der Waals surface area contributed by atoms with Gasteiger partial charge in [0.1, 0.15) is 0 Å². The molecule has 0 fully saturated rings. The number of benzene rings is 1. The molecular formula is C17H19N3O. The van der Waals surface area contributed by atoms with Crippen LogP contribution in [0.1, 0.15) is 29.8 Å². The maximum Gasteiger partial charge on any atom is 0.238 e. The summed E-state index contributed by atoms with van der Waals surface area (Å²) in [6, 6.07) is 13.7. The third-order valence-electron chi connectivity index (χ3n) is 3.89. The van der Waals surface area contributed by atoms with Crippen LogP contribution in [0, 0.1) is 0 Å². The van der Waals surface area contributed by atoms with E-state index in [0.717, 1.165) is 18.7 Å². The van der Waals surface area contributed by atoms with E-state index in [4.69, 9.17) is 0 Å². The van der Waals surface area contributed by atoms with Crippen LogP contribution in [0.15, 0.2) is 48.7 Å². The van der Waals surface area contributed by atoms with E-state index in [1.807, 2.05) is 37.3 Å². The van der Waals surface area contributed by atoms with Gasteiger partial charge in [-0.3, -0.25) is 9.78 Å². The third-order valence-corrected chi connectivity index (χ3v) is 3.89. The van der Waals surface area contributed by atoms with Gasteiger partial charge < -0.3 is 10.6 Å². The number of nitrogens with zero attached hydrogens (tertiary/aromatic N) is 1. The van der Waals surface area contributed by atoms with Gasteiger partial charge in [-0.05, 0) is 36.6 Å². The van der Waals surface area contributed by atoms with Gasteiger partial charge in [0.2, 0.25) is 5.91 Å². The van der Waals surface area contributed by atoms with Crippen molar-refractivity contribution < 1.29 is 4.79 Å². The highest BCUT2D eigenvalue weighted by Gasteiger charge is 2.25. The van der Waals surface area contributed by atoms with E-state index in [1.165, 1.54) is 11.1 Å². The number of carbonyl (C=O) groups is 1. The van der Waals surface area contributed by atoms with Gasteiger partial charge in [-0.1, -0.05) is 30.3 Å². The smallest absolute Gasteiger partial charge is 0.238 e. The monoisotopic (exact) mass is 281 g/mol. The highest BCUT2D eigenvalue weighted by Crippen LogP contribution is 2.17. The molecule has 4 nitrogen and oxygen atoms in total. The van der Waals surface area contributed by atoms with Crippen molar-refractivity contribution in [2.24, 2.45) is 0 Å². The molecule has 4 heteroatoms. The molecule has 1 aromatic carbocycles. The van der Waals surface area contributed by atoms with E-state index in [1.54, 1.807) is 6.20 Å². The number of hydrogen-bond donors (Lipinski definition) is 2. The normalized spacial score (nSPS) is 18.6. The highest BCUT2D eigenvalue weighted by molar-refractivity contribution is 5.82. The van der Waals surface area contributed by atoms with Crippen LogP contribution in [-0.4, -0.2) is 16.9 Å². The molecule has 1 aliphatic heterocycles. The quantitative estimate of drug-likeness (QED) is 0.904. The lowest BCUT2D eigenvalue weighted by Gasteiger charge is -2.26. The van der Waals surface area contributed by atoms with Gasteiger partial charge in [0.25, 0.3) is 0 Å². The van der Waals surface area contributed by atoms with Crippen LogP contribution in [0.2, 0.25) is 0 Å². The summed E-state index contributed by atoms with van der Waals surface area (Å²) in [4.78, 5) is 16.7. The summed E-state index contributed by atoms with van der Waals surface area (Å²) in [6.07, 6.45) is 2.48. The SMILES string of the molecule is C[C@@H](NC(=O)[C@@H]1Cc2ccccc2CN1)c1ccccn1. The zero-order valence-corrected chi connectivity index (χ0v) is 12.0. The average Bonchev–Trinajstić information content (AvgIpc) is 2.55. The van der Waals surface area contributed by atoms with Crippen molar-refractivity contribution in [2.75, 3.05) is 0 Å². The lowest BCUT2D eigenvalue weighted by Crippen LogP contribution is -2.48. The Morgan fingerprint density at radius 3 is 2.76 bits per heavy atom. The van der Waals surface area contributed by atoms with Gasteiger partial charge in [-0.15, -0.1) is 0 Å². The molecule has 108 valence electrons. The molecular weight excluding hydrogens is 262 g/mol. The Hall–Kier alpha value is -2.20. The first-order valence-electron chi connectivity index (χ1n) is 7.25. The topological polar surface area (TPSA) is 54.0 Å². The summed E-state index contributed by atoms with van der Waals surface area (Å²) < 4.78 is 0.